The van der Waals surface area contributed by atoms with Gasteiger partial charge >= 0.3 is 5.88 Å². The maximum Gasteiger partial charge on any atom is 0.433 e. The van der Waals surface area contributed by atoms with Crippen molar-refractivity contribution >= 4 is 49.5 Å². The summed E-state index contributed by atoms with van der Waals surface area (Å²) in [5.41, 5.74) is 2.28. The second kappa shape index (κ2) is 10.0. The molecule has 1 amide bonds. The minimum Gasteiger partial charge on any atom is -0.489 e. The molecule has 0 saturated heterocycles. The van der Waals surface area contributed by atoms with E-state index < -0.39 is 16.7 Å². The Kier molecular flexibility index (Phi) is 7.03. The van der Waals surface area contributed by atoms with Crippen molar-refractivity contribution in [2.45, 2.75) is 40.2 Å². The summed E-state index contributed by atoms with van der Waals surface area (Å²) < 4.78 is 19.1. The van der Waals surface area contributed by atoms with E-state index in [1.54, 1.807) is 7.11 Å². The maximum atomic E-state index is 12.6. The number of amides is 1. The third kappa shape index (κ3) is 4.98. The molecule has 0 aliphatic heterocycles. The number of methoxy groups -OCH3 is 1. The number of carbonyl (C=O) groups is 1. The first-order chi connectivity index (χ1) is 16.7. The molecule has 0 radical (unpaired) electrons. The third-order valence-corrected chi connectivity index (χ3v) is 6.46. The van der Waals surface area contributed by atoms with Crippen LogP contribution >= 0.6 is 11.3 Å². The molecule has 1 N–H and O–H groups in total. The first kappa shape index (κ1) is 24.6. The van der Waals surface area contributed by atoms with E-state index in [0.29, 0.717) is 35.5 Å². The third-order valence-electron chi connectivity index (χ3n) is 5.48. The van der Waals surface area contributed by atoms with Gasteiger partial charge in [0.2, 0.25) is 0 Å². The molecule has 35 heavy (non-hydrogen) atoms. The van der Waals surface area contributed by atoms with Gasteiger partial charge in [0.25, 0.3) is 5.91 Å². The van der Waals surface area contributed by atoms with E-state index in [-0.39, 0.29) is 11.8 Å². The molecule has 0 spiro atoms. The molecule has 4 rings (SSSR count). The second-order valence-corrected chi connectivity index (χ2v) is 9.64. The van der Waals surface area contributed by atoms with Gasteiger partial charge in [0.05, 0.1) is 22.9 Å². The van der Waals surface area contributed by atoms with Crippen molar-refractivity contribution in [1.29, 1.82) is 0 Å². The summed E-state index contributed by atoms with van der Waals surface area (Å²) in [7, 11) is 1.60. The molecule has 1 atom stereocenters. The van der Waals surface area contributed by atoms with Gasteiger partial charge in [0, 0.05) is 19.2 Å². The summed E-state index contributed by atoms with van der Waals surface area (Å²) in [5.74, 6) is 0.637. The van der Waals surface area contributed by atoms with Crippen LogP contribution in [-0.4, -0.2) is 45.7 Å². The molecule has 0 aliphatic rings. The Labute approximate surface area is 205 Å². The van der Waals surface area contributed by atoms with Crippen LogP contribution in [-0.2, 0) is 4.74 Å². The Hall–Kier alpha value is -3.51. The van der Waals surface area contributed by atoms with Crippen LogP contribution in [0.5, 0.6) is 5.75 Å². The lowest BCUT2D eigenvalue weighted by atomic mass is 10.0. The highest BCUT2D eigenvalue weighted by Gasteiger charge is 2.23. The molecule has 0 bridgehead atoms. The van der Waals surface area contributed by atoms with Crippen molar-refractivity contribution in [2.24, 2.45) is 5.92 Å². The number of nitrogens with zero attached hydrogens (tertiary/aromatic N) is 4. The van der Waals surface area contributed by atoms with Crippen molar-refractivity contribution in [3.63, 3.8) is 0 Å². The number of anilines is 1. The molecule has 1 aromatic carbocycles. The largest absolute Gasteiger partial charge is 0.489 e. The summed E-state index contributed by atoms with van der Waals surface area (Å²) in [6, 6.07) is 4.54. The second-order valence-electron chi connectivity index (χ2n) is 8.64. The van der Waals surface area contributed by atoms with Crippen molar-refractivity contribution in [1.82, 2.24) is 14.5 Å². The van der Waals surface area contributed by atoms with Crippen molar-refractivity contribution in [3.8, 4) is 5.75 Å². The number of benzene rings is 1. The first-order valence-electron chi connectivity index (χ1n) is 11.2. The van der Waals surface area contributed by atoms with Gasteiger partial charge in [-0.2, -0.15) is 0 Å². The van der Waals surface area contributed by atoms with Crippen LogP contribution in [0.25, 0.3) is 21.3 Å². The van der Waals surface area contributed by atoms with E-state index in [4.69, 9.17) is 18.9 Å². The zero-order valence-corrected chi connectivity index (χ0v) is 21.0. The number of hydrogen-bond acceptors (Lipinski definition) is 9. The fourth-order valence-electron chi connectivity index (χ4n) is 4.16. The molecule has 3 heterocycles. The van der Waals surface area contributed by atoms with Gasteiger partial charge < -0.3 is 18.5 Å². The van der Waals surface area contributed by atoms with Crippen LogP contribution < -0.4 is 10.1 Å². The van der Waals surface area contributed by atoms with E-state index in [2.05, 4.69) is 35.6 Å². The van der Waals surface area contributed by atoms with E-state index >= 15 is 0 Å². The van der Waals surface area contributed by atoms with Gasteiger partial charge in [-0.15, -0.1) is 0 Å². The highest BCUT2D eigenvalue weighted by Crippen LogP contribution is 2.40. The molecule has 11 nitrogen and oxygen atoms in total. The number of thiazole rings is 1. The lowest BCUT2D eigenvalue weighted by Gasteiger charge is -2.18. The van der Waals surface area contributed by atoms with Gasteiger partial charge in [-0.1, -0.05) is 25.2 Å². The first-order valence-corrected chi connectivity index (χ1v) is 12.0. The van der Waals surface area contributed by atoms with Crippen molar-refractivity contribution in [2.75, 3.05) is 25.6 Å². The smallest absolute Gasteiger partial charge is 0.433 e. The van der Waals surface area contributed by atoms with Crippen LogP contribution in [0.1, 0.15) is 49.6 Å². The average Bonchev–Trinajstić information content (AvgIpc) is 3.49. The number of rotatable bonds is 10. The predicted molar refractivity (Wildman–Crippen MR) is 133 cm³/mol. The van der Waals surface area contributed by atoms with Gasteiger partial charge in [-0.05, 0) is 32.3 Å². The minimum atomic E-state index is -0.701. The summed E-state index contributed by atoms with van der Waals surface area (Å²) in [5, 5.41) is 13.8. The quantitative estimate of drug-likeness (QED) is 0.175. The highest BCUT2D eigenvalue weighted by molar-refractivity contribution is 7.23. The molecule has 12 heteroatoms. The van der Waals surface area contributed by atoms with Gasteiger partial charge in [-0.25, -0.2) is 9.97 Å². The van der Waals surface area contributed by atoms with Gasteiger partial charge in [0.1, 0.15) is 34.1 Å². The molecule has 3 aromatic heterocycles. The zero-order valence-electron chi connectivity index (χ0n) is 20.2. The van der Waals surface area contributed by atoms with Crippen LogP contribution in [0.4, 0.5) is 11.0 Å². The molecule has 1 unspecified atom stereocenters. The van der Waals surface area contributed by atoms with Crippen LogP contribution in [0.3, 0.4) is 0 Å². The van der Waals surface area contributed by atoms with E-state index in [1.807, 2.05) is 13.0 Å². The normalized spacial score (nSPS) is 12.5. The number of nitrogens with one attached hydrogen (secondary N) is 1. The van der Waals surface area contributed by atoms with Crippen molar-refractivity contribution < 1.29 is 23.6 Å². The number of ether oxygens (including phenoxy) is 2. The fraction of sp³-hybridized carbons (Fsp3) is 0.435. The number of imidazole rings is 1. The average molecular weight is 502 g/mol. The van der Waals surface area contributed by atoms with Crippen LogP contribution in [0, 0.1) is 23.0 Å². The number of aromatic nitrogens is 3. The number of nitro groups is 1. The Balaban J connectivity index is 1.77. The van der Waals surface area contributed by atoms with E-state index in [0.717, 1.165) is 34.0 Å². The number of fused-ring (bicyclic) bond motifs is 3. The van der Waals surface area contributed by atoms with E-state index in [9.17, 15) is 14.9 Å². The summed E-state index contributed by atoms with van der Waals surface area (Å²) in [6.07, 6.45) is 0.990. The Bertz CT molecular complexity index is 1390. The summed E-state index contributed by atoms with van der Waals surface area (Å²) in [4.78, 5) is 32.2. The molecular formula is C23H27N5O6S. The number of carbonyl (C=O) groups excluding carboxylic acids is 1. The zero-order chi connectivity index (χ0) is 25.3. The SMILES string of the molecule is COCCOc1cc2c(nc(C)n2C(C)CC(C)C)c2sc(NC(=O)c3ccc([N+](=O)[O-])o3)nc12. The maximum absolute atomic E-state index is 12.6. The molecule has 4 aromatic rings. The van der Waals surface area contributed by atoms with Gasteiger partial charge in [-0.3, -0.25) is 20.2 Å². The van der Waals surface area contributed by atoms with E-state index in [1.165, 1.54) is 17.4 Å². The fourth-order valence-corrected chi connectivity index (χ4v) is 5.12. The molecule has 0 saturated carbocycles. The standard InChI is InChI=1S/C23H27N5O6S/c1-12(2)10-13(3)27-14(4)24-19-15(27)11-17(33-9-8-32-5)20-21(19)35-23(25-20)26-22(29)16-6-7-18(34-16)28(30)31/h6-7,11-13H,8-10H2,1-5H3,(H,25,26,29). The predicted octanol–water partition coefficient (Wildman–Crippen LogP) is 5.34. The van der Waals surface area contributed by atoms with Gasteiger partial charge in [0.15, 0.2) is 10.9 Å². The van der Waals surface area contributed by atoms with Crippen molar-refractivity contribution in [3.05, 3.63) is 39.9 Å². The van der Waals surface area contributed by atoms with Crippen LogP contribution in [0.15, 0.2) is 22.6 Å². The number of hydrogen-bond donors (Lipinski definition) is 1. The Morgan fingerprint density at radius 2 is 2.03 bits per heavy atom. The lowest BCUT2D eigenvalue weighted by Crippen LogP contribution is -2.10. The topological polar surface area (TPSA) is 135 Å². The molecule has 0 fully saturated rings. The molecule has 186 valence electrons. The minimum absolute atomic E-state index is 0.180. The summed E-state index contributed by atoms with van der Waals surface area (Å²) in [6.45, 7) is 9.27. The lowest BCUT2D eigenvalue weighted by molar-refractivity contribution is -0.402. The monoisotopic (exact) mass is 501 g/mol. The molecule has 0 aliphatic carbocycles. The highest BCUT2D eigenvalue weighted by atomic mass is 32.1. The summed E-state index contributed by atoms with van der Waals surface area (Å²) >= 11 is 1.26. The Morgan fingerprint density at radius 3 is 2.69 bits per heavy atom. The van der Waals surface area contributed by atoms with Crippen LogP contribution in [0.2, 0.25) is 0 Å². The molecular weight excluding hydrogens is 474 g/mol. The number of aryl methyl sites for hydroxylation is 1. The Morgan fingerprint density at radius 1 is 1.26 bits per heavy atom. The number of furan rings is 1.